The average Bonchev–Trinajstić information content (AvgIpc) is 2.84. The molecule has 2 rings (SSSR count). The van der Waals surface area contributed by atoms with Gasteiger partial charge in [-0.1, -0.05) is 71.9 Å². The molecule has 116 valence electrons. The molecule has 1 aliphatic rings. The van der Waals surface area contributed by atoms with Gasteiger partial charge in [0.1, 0.15) is 6.10 Å². The SMILES string of the molecule is CC(C)(C)CC(C1=NCC(c2ccccc2)O1)C(C)(C)C. The largest absolute Gasteiger partial charge is 0.471 e. The van der Waals surface area contributed by atoms with Crippen LogP contribution >= 0.6 is 0 Å². The van der Waals surface area contributed by atoms with Crippen molar-refractivity contribution in [3.63, 3.8) is 0 Å². The van der Waals surface area contributed by atoms with E-state index in [9.17, 15) is 0 Å². The molecule has 2 unspecified atom stereocenters. The summed E-state index contributed by atoms with van der Waals surface area (Å²) in [6.07, 6.45) is 1.18. The fourth-order valence-electron chi connectivity index (χ4n) is 2.80. The standard InChI is InChI=1S/C19H29NO/c1-18(2,3)12-15(19(4,5)6)17-20-13-16(21-17)14-10-8-7-9-11-14/h7-11,15-16H,12-13H2,1-6H3. The summed E-state index contributed by atoms with van der Waals surface area (Å²) in [4.78, 5) is 4.74. The lowest BCUT2D eigenvalue weighted by Crippen LogP contribution is -2.32. The first-order valence-corrected chi connectivity index (χ1v) is 7.93. The lowest BCUT2D eigenvalue weighted by Gasteiger charge is -2.35. The van der Waals surface area contributed by atoms with E-state index in [1.807, 2.05) is 6.07 Å². The highest BCUT2D eigenvalue weighted by atomic mass is 16.5. The Balaban J connectivity index is 2.13. The fraction of sp³-hybridized carbons (Fsp3) is 0.632. The number of hydrogen-bond donors (Lipinski definition) is 0. The number of nitrogens with zero attached hydrogens (tertiary/aromatic N) is 1. The lowest BCUT2D eigenvalue weighted by atomic mass is 9.72. The van der Waals surface area contributed by atoms with Crippen molar-refractivity contribution < 1.29 is 4.74 Å². The van der Waals surface area contributed by atoms with Crippen molar-refractivity contribution in [2.45, 2.75) is 54.1 Å². The fourth-order valence-corrected chi connectivity index (χ4v) is 2.80. The minimum atomic E-state index is 0.0889. The smallest absolute Gasteiger partial charge is 0.187 e. The highest BCUT2D eigenvalue weighted by molar-refractivity contribution is 5.81. The predicted molar refractivity (Wildman–Crippen MR) is 89.6 cm³/mol. The molecule has 0 saturated carbocycles. The molecule has 1 aromatic carbocycles. The van der Waals surface area contributed by atoms with Crippen molar-refractivity contribution in [3.8, 4) is 0 Å². The zero-order chi connectivity index (χ0) is 15.7. The average molecular weight is 287 g/mol. The van der Waals surface area contributed by atoms with Gasteiger partial charge in [-0.15, -0.1) is 0 Å². The van der Waals surface area contributed by atoms with Gasteiger partial charge in [0.2, 0.25) is 0 Å². The maximum absolute atomic E-state index is 6.23. The Bertz CT molecular complexity index is 491. The Hall–Kier alpha value is -1.31. The Kier molecular flexibility index (Phi) is 4.46. The van der Waals surface area contributed by atoms with Gasteiger partial charge in [-0.3, -0.25) is 4.99 Å². The first kappa shape index (κ1) is 16.1. The predicted octanol–water partition coefficient (Wildman–Crippen LogP) is 5.25. The van der Waals surface area contributed by atoms with Crippen LogP contribution in [0.25, 0.3) is 0 Å². The zero-order valence-corrected chi connectivity index (χ0v) is 14.3. The van der Waals surface area contributed by atoms with E-state index in [0.29, 0.717) is 5.92 Å². The summed E-state index contributed by atoms with van der Waals surface area (Å²) in [7, 11) is 0. The summed E-state index contributed by atoms with van der Waals surface area (Å²) in [5, 5.41) is 0. The molecule has 0 aliphatic carbocycles. The quantitative estimate of drug-likeness (QED) is 0.743. The van der Waals surface area contributed by atoms with Gasteiger partial charge in [-0.05, 0) is 22.8 Å². The second-order valence-electron chi connectivity index (χ2n) is 8.38. The van der Waals surface area contributed by atoms with Gasteiger partial charge in [0, 0.05) is 5.92 Å². The van der Waals surface area contributed by atoms with Gasteiger partial charge in [0.05, 0.1) is 6.54 Å². The molecular weight excluding hydrogens is 258 g/mol. The van der Waals surface area contributed by atoms with Gasteiger partial charge in [0.25, 0.3) is 0 Å². The molecule has 1 aromatic rings. The molecule has 0 fully saturated rings. The number of benzene rings is 1. The van der Waals surface area contributed by atoms with Crippen LogP contribution in [0, 0.1) is 16.7 Å². The number of aliphatic imine (C=N–C) groups is 1. The van der Waals surface area contributed by atoms with E-state index in [1.165, 1.54) is 5.56 Å². The van der Waals surface area contributed by atoms with E-state index in [4.69, 9.17) is 9.73 Å². The van der Waals surface area contributed by atoms with Crippen LogP contribution < -0.4 is 0 Å². The third-order valence-corrected chi connectivity index (χ3v) is 4.01. The molecule has 0 spiro atoms. The summed E-state index contributed by atoms with van der Waals surface area (Å²) in [6.45, 7) is 14.5. The summed E-state index contributed by atoms with van der Waals surface area (Å²) in [5.74, 6) is 1.32. The Morgan fingerprint density at radius 1 is 1.10 bits per heavy atom. The number of ether oxygens (including phenoxy) is 1. The maximum Gasteiger partial charge on any atom is 0.187 e. The lowest BCUT2D eigenvalue weighted by molar-refractivity contribution is 0.158. The first-order chi connectivity index (χ1) is 9.67. The molecule has 1 aliphatic heterocycles. The van der Waals surface area contributed by atoms with Crippen LogP contribution in [0.3, 0.4) is 0 Å². The van der Waals surface area contributed by atoms with Crippen LogP contribution in [0.1, 0.15) is 59.6 Å². The van der Waals surface area contributed by atoms with Crippen molar-refractivity contribution in [1.29, 1.82) is 0 Å². The molecule has 2 atom stereocenters. The van der Waals surface area contributed by atoms with Gasteiger partial charge in [0.15, 0.2) is 5.90 Å². The van der Waals surface area contributed by atoms with E-state index in [-0.39, 0.29) is 16.9 Å². The summed E-state index contributed by atoms with van der Waals surface area (Å²) in [5.41, 5.74) is 1.66. The highest BCUT2D eigenvalue weighted by Crippen LogP contribution is 2.40. The van der Waals surface area contributed by atoms with Crippen molar-refractivity contribution >= 4 is 5.90 Å². The second-order valence-corrected chi connectivity index (χ2v) is 8.38. The molecular formula is C19H29NO. The highest BCUT2D eigenvalue weighted by Gasteiger charge is 2.37. The molecule has 0 saturated heterocycles. The van der Waals surface area contributed by atoms with Crippen molar-refractivity contribution in [3.05, 3.63) is 35.9 Å². The van der Waals surface area contributed by atoms with Crippen LogP contribution in [0.2, 0.25) is 0 Å². The Morgan fingerprint density at radius 2 is 1.71 bits per heavy atom. The normalized spacial score (nSPS) is 20.9. The molecule has 0 amide bonds. The van der Waals surface area contributed by atoms with Gasteiger partial charge < -0.3 is 4.74 Å². The van der Waals surface area contributed by atoms with Crippen LogP contribution in [-0.4, -0.2) is 12.4 Å². The molecule has 2 nitrogen and oxygen atoms in total. The monoisotopic (exact) mass is 287 g/mol. The van der Waals surface area contributed by atoms with E-state index in [1.54, 1.807) is 0 Å². The van der Waals surface area contributed by atoms with Crippen LogP contribution in [0.15, 0.2) is 35.3 Å². The van der Waals surface area contributed by atoms with Crippen molar-refractivity contribution in [2.24, 2.45) is 21.7 Å². The Morgan fingerprint density at radius 3 is 2.24 bits per heavy atom. The molecule has 0 radical (unpaired) electrons. The summed E-state index contributed by atoms with van der Waals surface area (Å²) < 4.78 is 6.23. The maximum atomic E-state index is 6.23. The van der Waals surface area contributed by atoms with Gasteiger partial charge in [-0.25, -0.2) is 0 Å². The van der Waals surface area contributed by atoms with Gasteiger partial charge in [-0.2, -0.15) is 0 Å². The Labute approximate surface area is 129 Å². The second kappa shape index (κ2) is 5.82. The van der Waals surface area contributed by atoms with Gasteiger partial charge >= 0.3 is 0 Å². The molecule has 0 aromatic heterocycles. The summed E-state index contributed by atoms with van der Waals surface area (Å²) in [6, 6.07) is 10.4. The summed E-state index contributed by atoms with van der Waals surface area (Å²) >= 11 is 0. The number of rotatable bonds is 3. The van der Waals surface area contributed by atoms with Crippen molar-refractivity contribution in [1.82, 2.24) is 0 Å². The molecule has 0 bridgehead atoms. The molecule has 0 N–H and O–H groups in total. The molecule has 1 heterocycles. The third-order valence-electron chi connectivity index (χ3n) is 4.01. The van der Waals surface area contributed by atoms with E-state index in [2.05, 4.69) is 65.8 Å². The minimum absolute atomic E-state index is 0.0889. The van der Waals surface area contributed by atoms with E-state index >= 15 is 0 Å². The first-order valence-electron chi connectivity index (χ1n) is 7.93. The van der Waals surface area contributed by atoms with E-state index < -0.39 is 0 Å². The van der Waals surface area contributed by atoms with Crippen molar-refractivity contribution in [2.75, 3.05) is 6.54 Å². The number of hydrogen-bond acceptors (Lipinski definition) is 2. The minimum Gasteiger partial charge on any atom is -0.471 e. The van der Waals surface area contributed by atoms with Crippen LogP contribution in [-0.2, 0) is 4.74 Å². The topological polar surface area (TPSA) is 21.6 Å². The molecule has 21 heavy (non-hydrogen) atoms. The van der Waals surface area contributed by atoms with Crippen LogP contribution in [0.5, 0.6) is 0 Å². The molecule has 2 heteroatoms. The zero-order valence-electron chi connectivity index (χ0n) is 14.3. The van der Waals surface area contributed by atoms with Crippen LogP contribution in [0.4, 0.5) is 0 Å². The third kappa shape index (κ3) is 4.33. The van der Waals surface area contributed by atoms with E-state index in [0.717, 1.165) is 18.9 Å².